The lowest BCUT2D eigenvalue weighted by molar-refractivity contribution is -0.132. The third-order valence-electron chi connectivity index (χ3n) is 6.09. The van der Waals surface area contributed by atoms with E-state index >= 15 is 0 Å². The average molecular weight is 377 g/mol. The number of amides is 1. The van der Waals surface area contributed by atoms with Gasteiger partial charge in [0.2, 0.25) is 5.91 Å². The minimum atomic E-state index is 0.314. The molecular weight excluding hydrogens is 350 g/mol. The molecule has 3 heterocycles. The van der Waals surface area contributed by atoms with Crippen LogP contribution in [-0.2, 0) is 11.2 Å². The summed E-state index contributed by atoms with van der Waals surface area (Å²) in [5.74, 6) is 0.679. The van der Waals surface area contributed by atoms with Crippen molar-refractivity contribution in [3.8, 4) is 0 Å². The Bertz CT molecular complexity index is 932. The van der Waals surface area contributed by atoms with Crippen molar-refractivity contribution >= 4 is 23.2 Å². The van der Waals surface area contributed by atoms with E-state index in [9.17, 15) is 4.79 Å². The number of nitrogens with zero attached hydrogens (tertiary/aromatic N) is 5. The Labute approximate surface area is 165 Å². The van der Waals surface area contributed by atoms with Gasteiger partial charge < -0.3 is 9.80 Å². The number of carbonyl (C=O) groups excluding carboxylic acids is 1. The molecule has 1 saturated carbocycles. The zero-order valence-electron chi connectivity index (χ0n) is 16.6. The molecule has 0 N–H and O–H groups in total. The summed E-state index contributed by atoms with van der Waals surface area (Å²) in [7, 11) is 0. The van der Waals surface area contributed by atoms with Crippen molar-refractivity contribution in [3.05, 3.63) is 41.5 Å². The third kappa shape index (κ3) is 3.11. The number of fused-ring (bicyclic) bond motifs is 1. The summed E-state index contributed by atoms with van der Waals surface area (Å²) >= 11 is 0. The van der Waals surface area contributed by atoms with Crippen LogP contribution in [0.2, 0.25) is 0 Å². The molecule has 2 aromatic heterocycles. The van der Waals surface area contributed by atoms with Crippen molar-refractivity contribution < 1.29 is 4.79 Å². The number of aromatic nitrogens is 3. The molecule has 2 aromatic rings. The summed E-state index contributed by atoms with van der Waals surface area (Å²) in [5, 5.41) is 4.49. The van der Waals surface area contributed by atoms with Gasteiger partial charge in [-0.1, -0.05) is 0 Å². The molecule has 0 aromatic carbocycles. The molecule has 0 bridgehead atoms. The van der Waals surface area contributed by atoms with Gasteiger partial charge in [0.15, 0.2) is 0 Å². The minimum Gasteiger partial charge on any atom is -0.367 e. The number of hydrogen-bond acceptors (Lipinski definition) is 4. The van der Waals surface area contributed by atoms with Gasteiger partial charge in [-0.25, -0.2) is 0 Å². The van der Waals surface area contributed by atoms with Crippen molar-refractivity contribution in [3.63, 3.8) is 0 Å². The van der Waals surface area contributed by atoms with Crippen LogP contribution in [-0.4, -0.2) is 51.8 Å². The normalized spacial score (nSPS) is 19.2. The third-order valence-corrected chi connectivity index (χ3v) is 6.09. The lowest BCUT2D eigenvalue weighted by Crippen LogP contribution is -2.49. The first-order chi connectivity index (χ1) is 13.6. The Balaban J connectivity index is 1.35. The monoisotopic (exact) mass is 377 g/mol. The van der Waals surface area contributed by atoms with E-state index in [0.717, 1.165) is 51.1 Å². The Kier molecular flexibility index (Phi) is 4.22. The van der Waals surface area contributed by atoms with E-state index in [1.54, 1.807) is 0 Å². The second kappa shape index (κ2) is 6.76. The summed E-state index contributed by atoms with van der Waals surface area (Å²) in [4.78, 5) is 21.4. The lowest BCUT2D eigenvalue weighted by atomic mass is 10.1. The van der Waals surface area contributed by atoms with Crippen molar-refractivity contribution in [2.24, 2.45) is 5.92 Å². The van der Waals surface area contributed by atoms with Gasteiger partial charge in [-0.3, -0.25) is 14.5 Å². The van der Waals surface area contributed by atoms with Gasteiger partial charge in [0, 0.05) is 73.8 Å². The Morgan fingerprint density at radius 1 is 1.18 bits per heavy atom. The van der Waals surface area contributed by atoms with Gasteiger partial charge in [0.1, 0.15) is 0 Å². The molecule has 3 aliphatic rings. The molecule has 1 amide bonds. The van der Waals surface area contributed by atoms with E-state index in [-0.39, 0.29) is 0 Å². The van der Waals surface area contributed by atoms with E-state index in [4.69, 9.17) is 0 Å². The number of piperazine rings is 1. The molecule has 6 heteroatoms. The van der Waals surface area contributed by atoms with E-state index in [1.165, 1.54) is 22.4 Å². The molecule has 1 saturated heterocycles. The molecule has 146 valence electrons. The predicted octanol–water partition coefficient (Wildman–Crippen LogP) is 3.01. The molecule has 2 fully saturated rings. The Hall–Kier alpha value is -2.63. The van der Waals surface area contributed by atoms with Crippen LogP contribution < -0.4 is 4.90 Å². The van der Waals surface area contributed by atoms with Gasteiger partial charge in [0.25, 0.3) is 0 Å². The first-order valence-electron chi connectivity index (χ1n) is 10.4. The molecule has 0 unspecified atom stereocenters. The highest BCUT2D eigenvalue weighted by molar-refractivity contribution is 5.91. The second-order valence-corrected chi connectivity index (χ2v) is 8.43. The first kappa shape index (κ1) is 17.5. The van der Waals surface area contributed by atoms with Gasteiger partial charge in [-0.15, -0.1) is 0 Å². The van der Waals surface area contributed by atoms with Crippen LogP contribution in [0.1, 0.15) is 49.6 Å². The van der Waals surface area contributed by atoms with Crippen LogP contribution in [0.5, 0.6) is 0 Å². The first-order valence-corrected chi connectivity index (χ1v) is 10.4. The molecule has 2 aliphatic carbocycles. The van der Waals surface area contributed by atoms with Crippen LogP contribution >= 0.6 is 0 Å². The second-order valence-electron chi connectivity index (χ2n) is 8.43. The molecule has 5 rings (SSSR count). The molecule has 0 spiro atoms. The maximum Gasteiger partial charge on any atom is 0.225 e. The van der Waals surface area contributed by atoms with E-state index in [0.29, 0.717) is 17.9 Å². The summed E-state index contributed by atoms with van der Waals surface area (Å²) in [6.07, 6.45) is 11.3. The number of hydrogen-bond donors (Lipinski definition) is 0. The highest BCUT2D eigenvalue weighted by Gasteiger charge is 2.35. The highest BCUT2D eigenvalue weighted by Crippen LogP contribution is 2.37. The molecule has 0 atom stereocenters. The number of pyridine rings is 1. The number of carbonyl (C=O) groups is 1. The van der Waals surface area contributed by atoms with E-state index in [2.05, 4.69) is 52.1 Å². The number of anilines is 1. The smallest absolute Gasteiger partial charge is 0.225 e. The van der Waals surface area contributed by atoms with Crippen molar-refractivity contribution in [2.75, 3.05) is 31.1 Å². The van der Waals surface area contributed by atoms with Crippen LogP contribution in [0.15, 0.2) is 24.7 Å². The molecule has 1 aliphatic heterocycles. The van der Waals surface area contributed by atoms with Gasteiger partial charge in [-0.05, 0) is 44.4 Å². The van der Waals surface area contributed by atoms with Crippen LogP contribution in [0.3, 0.4) is 0 Å². The SMILES string of the molecule is CC(C)n1cc(C2=Cc3c(N4CCN(C(=O)C5CC5)CC4)ccnc3C2)cn1. The Morgan fingerprint density at radius 3 is 2.64 bits per heavy atom. The fourth-order valence-electron chi connectivity index (χ4n) is 4.21. The van der Waals surface area contributed by atoms with Crippen molar-refractivity contribution in [1.82, 2.24) is 19.7 Å². The minimum absolute atomic E-state index is 0.314. The zero-order valence-corrected chi connectivity index (χ0v) is 16.6. The number of rotatable bonds is 4. The average Bonchev–Trinajstić information content (AvgIpc) is 3.26. The van der Waals surface area contributed by atoms with Gasteiger partial charge in [0.05, 0.1) is 11.9 Å². The molecule has 6 nitrogen and oxygen atoms in total. The number of allylic oxidation sites excluding steroid dienone is 1. The van der Waals surface area contributed by atoms with Crippen LogP contribution in [0.4, 0.5) is 5.69 Å². The standard InChI is InChI=1S/C22H27N5O/c1-15(2)27-14-18(13-24-27)17-11-19-20(12-17)23-6-5-21(19)25-7-9-26(10-8-25)22(28)16-3-4-16/h5-6,11,13-16H,3-4,7-10,12H2,1-2H3. The lowest BCUT2D eigenvalue weighted by Gasteiger charge is -2.37. The summed E-state index contributed by atoms with van der Waals surface area (Å²) in [5.41, 5.74) is 6.08. The zero-order chi connectivity index (χ0) is 19.3. The van der Waals surface area contributed by atoms with Gasteiger partial charge >= 0.3 is 0 Å². The highest BCUT2D eigenvalue weighted by atomic mass is 16.2. The van der Waals surface area contributed by atoms with Gasteiger partial charge in [-0.2, -0.15) is 5.10 Å². The predicted molar refractivity (Wildman–Crippen MR) is 110 cm³/mol. The quantitative estimate of drug-likeness (QED) is 0.822. The summed E-state index contributed by atoms with van der Waals surface area (Å²) in [6, 6.07) is 2.48. The van der Waals surface area contributed by atoms with Crippen molar-refractivity contribution in [1.29, 1.82) is 0 Å². The maximum atomic E-state index is 12.3. The van der Waals surface area contributed by atoms with Crippen LogP contribution in [0.25, 0.3) is 11.6 Å². The van der Waals surface area contributed by atoms with E-state index < -0.39 is 0 Å². The van der Waals surface area contributed by atoms with Crippen molar-refractivity contribution in [2.45, 2.75) is 39.2 Å². The topological polar surface area (TPSA) is 54.3 Å². The summed E-state index contributed by atoms with van der Waals surface area (Å²) in [6.45, 7) is 7.71. The van der Waals surface area contributed by atoms with E-state index in [1.807, 2.05) is 17.1 Å². The van der Waals surface area contributed by atoms with Crippen LogP contribution in [0, 0.1) is 5.92 Å². The molecular formula is C22H27N5O. The molecule has 0 radical (unpaired) electrons. The Morgan fingerprint density at radius 2 is 1.96 bits per heavy atom. The largest absolute Gasteiger partial charge is 0.367 e. The fourth-order valence-corrected chi connectivity index (χ4v) is 4.21. The maximum absolute atomic E-state index is 12.3. The molecule has 28 heavy (non-hydrogen) atoms. The summed E-state index contributed by atoms with van der Waals surface area (Å²) < 4.78 is 2.00. The fraction of sp³-hybridized carbons (Fsp3) is 0.500.